The van der Waals surface area contributed by atoms with Gasteiger partial charge in [-0.15, -0.1) is 0 Å². The van der Waals surface area contributed by atoms with Crippen molar-refractivity contribution in [1.29, 1.82) is 0 Å². The van der Waals surface area contributed by atoms with E-state index in [1.807, 2.05) is 43.3 Å². The Morgan fingerprint density at radius 2 is 1.86 bits per heavy atom. The van der Waals surface area contributed by atoms with Gasteiger partial charge in [-0.3, -0.25) is 9.69 Å². The van der Waals surface area contributed by atoms with Crippen molar-refractivity contribution < 1.29 is 14.3 Å². The van der Waals surface area contributed by atoms with Gasteiger partial charge in [0.25, 0.3) is 0 Å². The van der Waals surface area contributed by atoms with Crippen LogP contribution in [0.4, 0.5) is 5.69 Å². The van der Waals surface area contributed by atoms with Crippen molar-refractivity contribution >= 4 is 17.7 Å². The molecule has 0 saturated carbocycles. The molecule has 2 aromatic carbocycles. The van der Waals surface area contributed by atoms with Crippen molar-refractivity contribution in [2.75, 3.05) is 32.1 Å². The summed E-state index contributed by atoms with van der Waals surface area (Å²) in [6.45, 7) is 9.64. The van der Waals surface area contributed by atoms with Gasteiger partial charge in [-0.1, -0.05) is 32.0 Å². The number of methoxy groups -OCH3 is 1. The first-order valence-corrected chi connectivity index (χ1v) is 9.70. The second-order valence-electron chi connectivity index (χ2n) is 6.33. The number of ether oxygens (including phenoxy) is 2. The molecule has 0 aliphatic heterocycles. The summed E-state index contributed by atoms with van der Waals surface area (Å²) in [5, 5.41) is 2.92. The molecule has 150 valence electrons. The maximum atomic E-state index is 12.3. The molecule has 0 heterocycles. The van der Waals surface area contributed by atoms with Crippen molar-refractivity contribution in [3.8, 4) is 11.5 Å². The lowest BCUT2D eigenvalue weighted by Gasteiger charge is -2.18. The average molecular weight is 383 g/mol. The van der Waals surface area contributed by atoms with E-state index < -0.39 is 0 Å². The van der Waals surface area contributed by atoms with E-state index in [1.54, 1.807) is 13.2 Å². The molecule has 2 aromatic rings. The Labute approximate surface area is 168 Å². The van der Waals surface area contributed by atoms with Gasteiger partial charge in [0.05, 0.1) is 13.7 Å². The molecular weight excluding hydrogens is 352 g/mol. The minimum atomic E-state index is -0.172. The van der Waals surface area contributed by atoms with Crippen LogP contribution in [0.15, 0.2) is 48.5 Å². The van der Waals surface area contributed by atoms with Gasteiger partial charge in [-0.25, -0.2) is 0 Å². The third kappa shape index (κ3) is 6.43. The van der Waals surface area contributed by atoms with Gasteiger partial charge in [-0.05, 0) is 61.5 Å². The van der Waals surface area contributed by atoms with Crippen LogP contribution in [0.1, 0.15) is 31.9 Å². The molecule has 5 heteroatoms. The fraction of sp³-hybridized carbons (Fsp3) is 0.348. The molecule has 0 bridgehead atoms. The van der Waals surface area contributed by atoms with E-state index in [0.717, 1.165) is 30.9 Å². The summed E-state index contributed by atoms with van der Waals surface area (Å²) in [6.07, 6.45) is 3.28. The van der Waals surface area contributed by atoms with Crippen molar-refractivity contribution in [2.45, 2.75) is 27.3 Å². The molecule has 0 aliphatic carbocycles. The molecule has 0 spiro atoms. The van der Waals surface area contributed by atoms with Crippen LogP contribution in [0.25, 0.3) is 6.08 Å². The standard InChI is InChI=1S/C23H30N2O3/c1-5-25(6-2)17-19-9-8-10-20(15-19)24-23(26)14-12-18-11-13-21(27-4)22(16-18)28-7-3/h8-16H,5-7,17H2,1-4H3,(H,24,26)/b14-12+. The smallest absolute Gasteiger partial charge is 0.248 e. The van der Waals surface area contributed by atoms with Crippen LogP contribution in [-0.4, -0.2) is 37.6 Å². The number of carbonyl (C=O) groups is 1. The summed E-state index contributed by atoms with van der Waals surface area (Å²) in [7, 11) is 1.61. The summed E-state index contributed by atoms with van der Waals surface area (Å²) in [4.78, 5) is 14.6. The molecule has 0 aliphatic rings. The van der Waals surface area contributed by atoms with E-state index in [0.29, 0.717) is 18.1 Å². The van der Waals surface area contributed by atoms with E-state index in [2.05, 4.69) is 30.1 Å². The molecule has 1 amide bonds. The molecule has 0 saturated heterocycles. The summed E-state index contributed by atoms with van der Waals surface area (Å²) in [5.41, 5.74) is 2.85. The van der Waals surface area contributed by atoms with Gasteiger partial charge in [0.15, 0.2) is 11.5 Å². The SMILES string of the molecule is CCOc1cc(/C=C/C(=O)Nc2cccc(CN(CC)CC)c2)ccc1OC. The first-order valence-electron chi connectivity index (χ1n) is 9.70. The Bertz CT molecular complexity index is 798. The quantitative estimate of drug-likeness (QED) is 0.611. The summed E-state index contributed by atoms with van der Waals surface area (Å²) >= 11 is 0. The number of nitrogens with zero attached hydrogens (tertiary/aromatic N) is 1. The summed E-state index contributed by atoms with van der Waals surface area (Å²) in [5.74, 6) is 1.17. The van der Waals surface area contributed by atoms with E-state index in [4.69, 9.17) is 9.47 Å². The lowest BCUT2D eigenvalue weighted by Crippen LogP contribution is -2.22. The molecule has 28 heavy (non-hydrogen) atoms. The summed E-state index contributed by atoms with van der Waals surface area (Å²) in [6, 6.07) is 13.5. The van der Waals surface area contributed by atoms with E-state index in [9.17, 15) is 4.79 Å². The predicted molar refractivity (Wildman–Crippen MR) is 115 cm³/mol. The molecule has 0 fully saturated rings. The number of hydrogen-bond donors (Lipinski definition) is 1. The molecular formula is C23H30N2O3. The molecule has 0 atom stereocenters. The zero-order valence-corrected chi connectivity index (χ0v) is 17.2. The maximum absolute atomic E-state index is 12.3. The van der Waals surface area contributed by atoms with Crippen molar-refractivity contribution in [3.05, 3.63) is 59.7 Å². The second kappa shape index (κ2) is 11.1. The lowest BCUT2D eigenvalue weighted by atomic mass is 10.1. The van der Waals surface area contributed by atoms with E-state index in [-0.39, 0.29) is 5.91 Å². The average Bonchev–Trinajstić information content (AvgIpc) is 2.71. The molecule has 2 rings (SSSR count). The fourth-order valence-electron chi connectivity index (χ4n) is 2.87. The highest BCUT2D eigenvalue weighted by atomic mass is 16.5. The Hall–Kier alpha value is -2.79. The van der Waals surface area contributed by atoms with Crippen LogP contribution < -0.4 is 14.8 Å². The molecule has 0 unspecified atom stereocenters. The first-order chi connectivity index (χ1) is 13.6. The number of anilines is 1. The highest BCUT2D eigenvalue weighted by Gasteiger charge is 2.05. The summed E-state index contributed by atoms with van der Waals surface area (Å²) < 4.78 is 10.9. The number of amides is 1. The number of hydrogen-bond acceptors (Lipinski definition) is 4. The predicted octanol–water partition coefficient (Wildman–Crippen LogP) is 4.59. The van der Waals surface area contributed by atoms with Crippen LogP contribution in [0, 0.1) is 0 Å². The second-order valence-corrected chi connectivity index (χ2v) is 6.33. The van der Waals surface area contributed by atoms with Gasteiger partial charge in [-0.2, -0.15) is 0 Å². The lowest BCUT2D eigenvalue weighted by molar-refractivity contribution is -0.111. The number of carbonyl (C=O) groups excluding carboxylic acids is 1. The van der Waals surface area contributed by atoms with Crippen molar-refractivity contribution in [1.82, 2.24) is 4.90 Å². The largest absolute Gasteiger partial charge is 0.493 e. The number of benzene rings is 2. The van der Waals surface area contributed by atoms with Crippen LogP contribution >= 0.6 is 0 Å². The van der Waals surface area contributed by atoms with Crippen LogP contribution in [0.5, 0.6) is 11.5 Å². The van der Waals surface area contributed by atoms with E-state index >= 15 is 0 Å². The molecule has 1 N–H and O–H groups in total. The Kier molecular flexibility index (Phi) is 8.56. The highest BCUT2D eigenvalue weighted by molar-refractivity contribution is 6.02. The van der Waals surface area contributed by atoms with Gasteiger partial charge in [0.2, 0.25) is 5.91 Å². The van der Waals surface area contributed by atoms with E-state index in [1.165, 1.54) is 11.6 Å². The number of nitrogens with one attached hydrogen (secondary N) is 1. The van der Waals surface area contributed by atoms with Crippen molar-refractivity contribution in [2.24, 2.45) is 0 Å². The van der Waals surface area contributed by atoms with Gasteiger partial charge >= 0.3 is 0 Å². The van der Waals surface area contributed by atoms with Crippen LogP contribution in [0.2, 0.25) is 0 Å². The van der Waals surface area contributed by atoms with Gasteiger partial charge in [0, 0.05) is 18.3 Å². The normalized spacial score (nSPS) is 11.0. The third-order valence-corrected chi connectivity index (χ3v) is 4.41. The molecule has 0 radical (unpaired) electrons. The van der Waals surface area contributed by atoms with Crippen LogP contribution in [-0.2, 0) is 11.3 Å². The van der Waals surface area contributed by atoms with Crippen LogP contribution in [0.3, 0.4) is 0 Å². The molecule has 0 aromatic heterocycles. The Morgan fingerprint density at radius 1 is 1.07 bits per heavy atom. The number of rotatable bonds is 10. The zero-order chi connectivity index (χ0) is 20.4. The Balaban J connectivity index is 2.03. The minimum Gasteiger partial charge on any atom is -0.493 e. The van der Waals surface area contributed by atoms with Crippen molar-refractivity contribution in [3.63, 3.8) is 0 Å². The van der Waals surface area contributed by atoms with Gasteiger partial charge < -0.3 is 14.8 Å². The Morgan fingerprint density at radius 3 is 2.54 bits per heavy atom. The first kappa shape index (κ1) is 21.5. The third-order valence-electron chi connectivity index (χ3n) is 4.41. The monoisotopic (exact) mass is 382 g/mol. The maximum Gasteiger partial charge on any atom is 0.248 e. The highest BCUT2D eigenvalue weighted by Crippen LogP contribution is 2.28. The topological polar surface area (TPSA) is 50.8 Å². The zero-order valence-electron chi connectivity index (χ0n) is 17.2. The fourth-order valence-corrected chi connectivity index (χ4v) is 2.87. The minimum absolute atomic E-state index is 0.172. The van der Waals surface area contributed by atoms with Gasteiger partial charge in [0.1, 0.15) is 0 Å². The molecule has 5 nitrogen and oxygen atoms in total.